The van der Waals surface area contributed by atoms with Crippen molar-refractivity contribution in [3.8, 4) is 0 Å². The fourth-order valence-corrected chi connectivity index (χ4v) is 6.47. The molecule has 2 aromatic carbocycles. The highest BCUT2D eigenvalue weighted by Gasteiger charge is 2.22. The van der Waals surface area contributed by atoms with Crippen LogP contribution in [-0.4, -0.2) is 83.5 Å². The molecule has 0 saturated carbocycles. The summed E-state index contributed by atoms with van der Waals surface area (Å²) in [5, 5.41) is 11.7. The first-order valence-corrected chi connectivity index (χ1v) is 15.2. The molecule has 2 aliphatic rings. The molecular formula is C33H42N4O4. The number of rotatable bonds is 12. The number of H-pyrrole nitrogens is 2. The summed E-state index contributed by atoms with van der Waals surface area (Å²) >= 11 is 0. The van der Waals surface area contributed by atoms with Gasteiger partial charge in [-0.05, 0) is 59.4 Å². The van der Waals surface area contributed by atoms with Gasteiger partial charge in [-0.15, -0.1) is 0 Å². The maximum atomic E-state index is 11.1. The van der Waals surface area contributed by atoms with E-state index >= 15 is 0 Å². The Morgan fingerprint density at radius 1 is 0.756 bits per heavy atom. The number of nitrogens with zero attached hydrogens (tertiary/aromatic N) is 2. The Morgan fingerprint density at radius 3 is 1.76 bits per heavy atom. The number of aromatic nitrogens is 2. The molecule has 8 heteroatoms. The third kappa shape index (κ3) is 6.84. The Kier molecular flexibility index (Phi) is 9.01. The number of carbonyl (C=O) groups is 1. The lowest BCUT2D eigenvalue weighted by Gasteiger charge is -2.26. The summed E-state index contributed by atoms with van der Waals surface area (Å²) in [5.41, 5.74) is 7.62. The molecule has 3 N–H and O–H groups in total. The van der Waals surface area contributed by atoms with Crippen LogP contribution in [-0.2, 0) is 27.4 Å². The van der Waals surface area contributed by atoms with Crippen LogP contribution in [0, 0.1) is 0 Å². The van der Waals surface area contributed by atoms with Crippen molar-refractivity contribution in [1.82, 2.24) is 19.8 Å². The van der Waals surface area contributed by atoms with Gasteiger partial charge in [0.1, 0.15) is 0 Å². The second kappa shape index (κ2) is 13.2. The first kappa shape index (κ1) is 28.0. The summed E-state index contributed by atoms with van der Waals surface area (Å²) < 4.78 is 11.1. The van der Waals surface area contributed by atoms with Gasteiger partial charge in [-0.1, -0.05) is 25.0 Å². The number of carboxylic acid groups (broad SMARTS) is 1. The summed E-state index contributed by atoms with van der Waals surface area (Å²) in [6, 6.07) is 13.6. The van der Waals surface area contributed by atoms with Gasteiger partial charge in [-0.25, -0.2) is 0 Å². The molecule has 4 aromatic rings. The van der Waals surface area contributed by atoms with E-state index in [2.05, 4.69) is 68.6 Å². The molecule has 6 rings (SSSR count). The van der Waals surface area contributed by atoms with Crippen LogP contribution in [0.3, 0.4) is 0 Å². The molecule has 2 aliphatic heterocycles. The summed E-state index contributed by atoms with van der Waals surface area (Å²) in [6.45, 7) is 8.96. The van der Waals surface area contributed by atoms with Crippen molar-refractivity contribution < 1.29 is 19.4 Å². The molecule has 0 bridgehead atoms. The minimum Gasteiger partial charge on any atom is -0.481 e. The molecule has 2 aromatic heterocycles. The molecule has 2 fully saturated rings. The number of fused-ring (bicyclic) bond motifs is 2. The smallest absolute Gasteiger partial charge is 0.303 e. The molecular weight excluding hydrogens is 516 g/mol. The summed E-state index contributed by atoms with van der Waals surface area (Å²) in [7, 11) is 0. The average molecular weight is 559 g/mol. The standard InChI is InChI=1S/C33H42N4O4/c38-33(39)5-3-1-2-4-26(29-20-34-31-8-6-24(18-27(29)31)22-36-10-14-40-15-11-36)30-21-35-32-9-7-25(19-28(30)32)23-37-12-16-41-17-13-37/h6-9,18-21,26,34-35H,1-5,10-17,22-23H2,(H,38,39). The van der Waals surface area contributed by atoms with Crippen LogP contribution in [0.5, 0.6) is 0 Å². The van der Waals surface area contributed by atoms with Crippen molar-refractivity contribution in [3.05, 3.63) is 71.0 Å². The quantitative estimate of drug-likeness (QED) is 0.199. The Hall–Kier alpha value is -3.17. The number of aliphatic carboxylic acids is 1. The van der Waals surface area contributed by atoms with Gasteiger partial charge in [0.05, 0.1) is 26.4 Å². The molecule has 218 valence electrons. The first-order valence-electron chi connectivity index (χ1n) is 15.2. The van der Waals surface area contributed by atoms with E-state index in [-0.39, 0.29) is 12.3 Å². The van der Waals surface area contributed by atoms with Gasteiger partial charge in [-0.3, -0.25) is 14.6 Å². The van der Waals surface area contributed by atoms with Crippen molar-refractivity contribution in [1.29, 1.82) is 0 Å². The van der Waals surface area contributed by atoms with E-state index in [4.69, 9.17) is 14.6 Å². The van der Waals surface area contributed by atoms with Crippen molar-refractivity contribution in [3.63, 3.8) is 0 Å². The van der Waals surface area contributed by atoms with Crippen molar-refractivity contribution in [2.75, 3.05) is 52.6 Å². The second-order valence-corrected chi connectivity index (χ2v) is 11.6. The van der Waals surface area contributed by atoms with Crippen LogP contribution in [0.4, 0.5) is 0 Å². The molecule has 0 atom stereocenters. The monoisotopic (exact) mass is 558 g/mol. The summed E-state index contributed by atoms with van der Waals surface area (Å²) in [6.07, 6.45) is 8.22. The number of hydrogen-bond acceptors (Lipinski definition) is 5. The SMILES string of the molecule is O=C(O)CCCCCC(c1c[nH]c2ccc(CN3CCOCC3)cc12)c1c[nH]c2ccc(CN3CCOCC3)cc12. The fourth-order valence-electron chi connectivity index (χ4n) is 6.47. The van der Waals surface area contributed by atoms with Gasteiger partial charge in [0.2, 0.25) is 0 Å². The van der Waals surface area contributed by atoms with Gasteiger partial charge in [0.15, 0.2) is 0 Å². The average Bonchev–Trinajstić information content (AvgIpc) is 3.60. The van der Waals surface area contributed by atoms with Crippen LogP contribution in [0.2, 0.25) is 0 Å². The highest BCUT2D eigenvalue weighted by atomic mass is 16.5. The zero-order valence-electron chi connectivity index (χ0n) is 23.9. The molecule has 4 heterocycles. The van der Waals surface area contributed by atoms with Gasteiger partial charge in [0.25, 0.3) is 0 Å². The van der Waals surface area contributed by atoms with E-state index in [9.17, 15) is 4.79 Å². The number of hydrogen-bond donors (Lipinski definition) is 3. The van der Waals surface area contributed by atoms with Crippen LogP contribution in [0.1, 0.15) is 60.3 Å². The Labute approximate surface area is 241 Å². The highest BCUT2D eigenvalue weighted by Crippen LogP contribution is 2.39. The summed E-state index contributed by atoms with van der Waals surface area (Å²) in [5.74, 6) is -0.505. The maximum absolute atomic E-state index is 11.1. The van der Waals surface area contributed by atoms with Crippen molar-refractivity contribution in [2.24, 2.45) is 0 Å². The molecule has 0 aliphatic carbocycles. The summed E-state index contributed by atoms with van der Waals surface area (Å²) in [4.78, 5) is 23.1. The largest absolute Gasteiger partial charge is 0.481 e. The minimum atomic E-state index is -0.713. The third-order valence-electron chi connectivity index (χ3n) is 8.71. The van der Waals surface area contributed by atoms with E-state index in [1.807, 2.05) is 0 Å². The lowest BCUT2D eigenvalue weighted by Crippen LogP contribution is -2.35. The van der Waals surface area contributed by atoms with Crippen LogP contribution >= 0.6 is 0 Å². The normalized spacial score (nSPS) is 17.2. The Bertz CT molecular complexity index is 1350. The topological polar surface area (TPSA) is 93.8 Å². The van der Waals surface area contributed by atoms with Gasteiger partial charge in [0, 0.05) is 85.8 Å². The zero-order chi connectivity index (χ0) is 28.0. The molecule has 0 unspecified atom stereocenters. The van der Waals surface area contributed by atoms with Crippen LogP contribution in [0.15, 0.2) is 48.8 Å². The van der Waals surface area contributed by atoms with Crippen molar-refractivity contribution >= 4 is 27.8 Å². The predicted molar refractivity (Wildman–Crippen MR) is 161 cm³/mol. The molecule has 41 heavy (non-hydrogen) atoms. The number of aromatic amines is 2. The predicted octanol–water partition coefficient (Wildman–Crippen LogP) is 5.48. The third-order valence-corrected chi connectivity index (χ3v) is 8.71. The molecule has 2 saturated heterocycles. The number of benzene rings is 2. The number of ether oxygens (including phenoxy) is 2. The minimum absolute atomic E-state index is 0.208. The molecule has 8 nitrogen and oxygen atoms in total. The number of morpholine rings is 2. The van der Waals surface area contributed by atoms with E-state index in [1.165, 1.54) is 33.0 Å². The van der Waals surface area contributed by atoms with E-state index < -0.39 is 5.97 Å². The lowest BCUT2D eigenvalue weighted by molar-refractivity contribution is -0.137. The fraction of sp³-hybridized carbons (Fsp3) is 0.485. The van der Waals surface area contributed by atoms with E-state index in [0.29, 0.717) is 0 Å². The van der Waals surface area contributed by atoms with Gasteiger partial charge >= 0.3 is 5.97 Å². The highest BCUT2D eigenvalue weighted by molar-refractivity contribution is 5.88. The van der Waals surface area contributed by atoms with Crippen molar-refractivity contribution in [2.45, 2.75) is 51.1 Å². The zero-order valence-corrected chi connectivity index (χ0v) is 23.9. The van der Waals surface area contributed by atoms with Gasteiger partial charge in [-0.2, -0.15) is 0 Å². The number of carboxylic acids is 1. The maximum Gasteiger partial charge on any atom is 0.303 e. The first-order chi connectivity index (χ1) is 20.1. The number of unbranched alkanes of at least 4 members (excludes halogenated alkanes) is 2. The lowest BCUT2D eigenvalue weighted by atomic mass is 9.85. The second-order valence-electron chi connectivity index (χ2n) is 11.6. The van der Waals surface area contributed by atoms with Crippen LogP contribution < -0.4 is 0 Å². The van der Waals surface area contributed by atoms with E-state index in [0.717, 1.165) is 102 Å². The molecule has 0 spiro atoms. The van der Waals surface area contributed by atoms with Gasteiger partial charge < -0.3 is 24.5 Å². The Balaban J connectivity index is 1.31. The number of nitrogens with one attached hydrogen (secondary N) is 2. The Morgan fingerprint density at radius 2 is 1.27 bits per heavy atom. The molecule has 0 amide bonds. The van der Waals surface area contributed by atoms with Crippen LogP contribution in [0.25, 0.3) is 21.8 Å². The molecule has 0 radical (unpaired) electrons. The van der Waals surface area contributed by atoms with E-state index in [1.54, 1.807) is 0 Å².